The molecule has 0 N–H and O–H groups in total. The van der Waals surface area contributed by atoms with Gasteiger partial charge in [-0.05, 0) is 5.92 Å². The third-order valence-electron chi connectivity index (χ3n) is 1.56. The van der Waals surface area contributed by atoms with Crippen molar-refractivity contribution in [3.63, 3.8) is 0 Å². The molecule has 0 fully saturated rings. The first-order chi connectivity index (χ1) is 5.11. The molecule has 0 aliphatic rings. The monoisotopic (exact) mass is 157 g/mol. The maximum Gasteiger partial charge on any atom is 0.445 e. The number of hydrogen-bond donors (Lipinski definition) is 0. The predicted molar refractivity (Wildman–Crippen MR) is 40.4 cm³/mol. The van der Waals surface area contributed by atoms with Crippen molar-refractivity contribution in [2.75, 3.05) is 0 Å². The van der Waals surface area contributed by atoms with Crippen LogP contribution in [0.1, 0.15) is 13.8 Å². The quantitative estimate of drug-likeness (QED) is 0.569. The summed E-state index contributed by atoms with van der Waals surface area (Å²) in [6.45, 7) is 4.88. The summed E-state index contributed by atoms with van der Waals surface area (Å²) in [6.07, 6.45) is 3.30. The number of aromatic nitrogens is 2. The van der Waals surface area contributed by atoms with Gasteiger partial charge in [-0.3, -0.25) is 0 Å². The number of rotatable bonds is 2. The number of hydrogen-bond acceptors (Lipinski definition) is 0. The van der Waals surface area contributed by atoms with Gasteiger partial charge in [-0.15, -0.1) is 4.39 Å². The van der Waals surface area contributed by atoms with Crippen molar-refractivity contribution < 1.29 is 8.96 Å². The SMILES string of the molecule is CC(C)Cn1cc[n+](C)c1F. The van der Waals surface area contributed by atoms with Gasteiger partial charge in [0.15, 0.2) is 0 Å². The summed E-state index contributed by atoms with van der Waals surface area (Å²) >= 11 is 0. The van der Waals surface area contributed by atoms with Crippen LogP contribution in [0.15, 0.2) is 12.4 Å². The molecule has 0 saturated heterocycles. The van der Waals surface area contributed by atoms with Crippen molar-refractivity contribution in [2.24, 2.45) is 13.0 Å². The van der Waals surface area contributed by atoms with E-state index >= 15 is 0 Å². The van der Waals surface area contributed by atoms with E-state index in [0.29, 0.717) is 5.92 Å². The minimum Gasteiger partial charge on any atom is -0.207 e. The average Bonchev–Trinajstić information content (AvgIpc) is 2.18. The molecule has 11 heavy (non-hydrogen) atoms. The molecule has 1 aromatic rings. The molecule has 1 aromatic heterocycles. The Balaban J connectivity index is 2.79. The van der Waals surface area contributed by atoms with E-state index in [4.69, 9.17) is 0 Å². The zero-order valence-electron chi connectivity index (χ0n) is 7.21. The summed E-state index contributed by atoms with van der Waals surface area (Å²) in [5.74, 6) is 0.483. The molecule has 0 aromatic carbocycles. The van der Waals surface area contributed by atoms with Crippen molar-refractivity contribution in [1.82, 2.24) is 4.57 Å². The average molecular weight is 157 g/mol. The number of nitrogens with zero attached hydrogens (tertiary/aromatic N) is 2. The Kier molecular flexibility index (Phi) is 2.27. The van der Waals surface area contributed by atoms with Crippen LogP contribution >= 0.6 is 0 Å². The zero-order valence-corrected chi connectivity index (χ0v) is 7.21. The molecule has 0 amide bonds. The van der Waals surface area contributed by atoms with Gasteiger partial charge in [0.05, 0.1) is 13.6 Å². The highest BCUT2D eigenvalue weighted by atomic mass is 19.1. The second kappa shape index (κ2) is 3.03. The molecule has 62 valence electrons. The minimum absolute atomic E-state index is 0.182. The predicted octanol–water partition coefficient (Wildman–Crippen LogP) is 1.11. The second-order valence-electron chi connectivity index (χ2n) is 3.22. The van der Waals surface area contributed by atoms with Gasteiger partial charge in [0.1, 0.15) is 12.4 Å². The normalized spacial score (nSPS) is 11.0. The Labute approximate surface area is 66.3 Å². The van der Waals surface area contributed by atoms with Crippen LogP contribution in [0.25, 0.3) is 0 Å². The van der Waals surface area contributed by atoms with Gasteiger partial charge in [-0.1, -0.05) is 13.8 Å². The highest BCUT2D eigenvalue weighted by molar-refractivity contribution is 4.69. The number of imidazole rings is 1. The summed E-state index contributed by atoms with van der Waals surface area (Å²) in [7, 11) is 1.70. The maximum absolute atomic E-state index is 13.0. The van der Waals surface area contributed by atoms with E-state index in [1.54, 1.807) is 24.0 Å². The lowest BCUT2D eigenvalue weighted by atomic mass is 10.2. The fourth-order valence-corrected chi connectivity index (χ4v) is 1.04. The Bertz CT molecular complexity index is 240. The van der Waals surface area contributed by atoms with Gasteiger partial charge >= 0.3 is 6.08 Å². The van der Waals surface area contributed by atoms with E-state index in [1.807, 2.05) is 0 Å². The van der Waals surface area contributed by atoms with Gasteiger partial charge in [0.25, 0.3) is 0 Å². The Morgan fingerprint density at radius 3 is 2.64 bits per heavy atom. The van der Waals surface area contributed by atoms with Gasteiger partial charge < -0.3 is 0 Å². The minimum atomic E-state index is -0.182. The largest absolute Gasteiger partial charge is 0.445 e. The van der Waals surface area contributed by atoms with Crippen LogP contribution in [-0.4, -0.2) is 4.57 Å². The Hall–Kier alpha value is -0.860. The van der Waals surface area contributed by atoms with Crippen LogP contribution < -0.4 is 4.57 Å². The third kappa shape index (κ3) is 1.79. The lowest BCUT2D eigenvalue weighted by molar-refractivity contribution is -0.700. The van der Waals surface area contributed by atoms with Crippen LogP contribution in [0.5, 0.6) is 0 Å². The highest BCUT2D eigenvalue weighted by Gasteiger charge is 2.13. The maximum atomic E-state index is 13.0. The molecule has 0 saturated carbocycles. The standard InChI is InChI=1S/C8H14FN2/c1-7(2)6-11-5-4-10(3)8(11)9/h4-5,7H,6H2,1-3H3/q+1. The molecule has 0 atom stereocenters. The molecular formula is C8H14FN2+. The molecule has 0 aliphatic carbocycles. The van der Waals surface area contributed by atoms with E-state index in [9.17, 15) is 4.39 Å². The van der Waals surface area contributed by atoms with Crippen molar-refractivity contribution in [1.29, 1.82) is 0 Å². The van der Waals surface area contributed by atoms with Gasteiger partial charge in [0.2, 0.25) is 0 Å². The lowest BCUT2D eigenvalue weighted by Gasteiger charge is -1.98. The van der Waals surface area contributed by atoms with Gasteiger partial charge in [-0.25, -0.2) is 9.13 Å². The topological polar surface area (TPSA) is 8.81 Å². The van der Waals surface area contributed by atoms with E-state index in [2.05, 4.69) is 13.8 Å². The highest BCUT2D eigenvalue weighted by Crippen LogP contribution is 1.99. The number of aryl methyl sites for hydroxylation is 1. The lowest BCUT2D eigenvalue weighted by Crippen LogP contribution is -2.31. The smallest absolute Gasteiger partial charge is 0.207 e. The first-order valence-corrected chi connectivity index (χ1v) is 3.81. The third-order valence-corrected chi connectivity index (χ3v) is 1.56. The van der Waals surface area contributed by atoms with Crippen molar-refractivity contribution in [3.05, 3.63) is 18.5 Å². The van der Waals surface area contributed by atoms with Gasteiger partial charge in [-0.2, -0.15) is 0 Å². The van der Waals surface area contributed by atoms with E-state index < -0.39 is 0 Å². The number of halogens is 1. The molecular weight excluding hydrogens is 143 g/mol. The van der Waals surface area contributed by atoms with Crippen LogP contribution in [0.4, 0.5) is 4.39 Å². The summed E-state index contributed by atoms with van der Waals surface area (Å²) in [5, 5.41) is 0. The molecule has 0 spiro atoms. The van der Waals surface area contributed by atoms with Crippen molar-refractivity contribution >= 4 is 0 Å². The summed E-state index contributed by atoms with van der Waals surface area (Å²) in [6, 6.07) is 0. The first kappa shape index (κ1) is 8.24. The molecule has 2 nitrogen and oxygen atoms in total. The zero-order chi connectivity index (χ0) is 8.43. The van der Waals surface area contributed by atoms with Crippen molar-refractivity contribution in [2.45, 2.75) is 20.4 Å². The summed E-state index contributed by atoms with van der Waals surface area (Å²) in [4.78, 5) is 0. The van der Waals surface area contributed by atoms with Crippen LogP contribution in [0.2, 0.25) is 0 Å². The molecule has 3 heteroatoms. The van der Waals surface area contributed by atoms with E-state index in [0.717, 1.165) is 6.54 Å². The Morgan fingerprint density at radius 1 is 1.64 bits per heavy atom. The van der Waals surface area contributed by atoms with Crippen LogP contribution in [0, 0.1) is 12.0 Å². The van der Waals surface area contributed by atoms with Crippen molar-refractivity contribution in [3.8, 4) is 0 Å². The summed E-state index contributed by atoms with van der Waals surface area (Å²) < 4.78 is 16.1. The van der Waals surface area contributed by atoms with Crippen LogP contribution in [0.3, 0.4) is 0 Å². The summed E-state index contributed by atoms with van der Waals surface area (Å²) in [5.41, 5.74) is 0. The first-order valence-electron chi connectivity index (χ1n) is 3.81. The molecule has 0 radical (unpaired) electrons. The van der Waals surface area contributed by atoms with E-state index in [-0.39, 0.29) is 6.08 Å². The molecule has 0 unspecified atom stereocenters. The van der Waals surface area contributed by atoms with Gasteiger partial charge in [0, 0.05) is 0 Å². The molecule has 1 heterocycles. The van der Waals surface area contributed by atoms with Crippen LogP contribution in [-0.2, 0) is 13.6 Å². The van der Waals surface area contributed by atoms with E-state index in [1.165, 1.54) is 4.57 Å². The molecule has 0 bridgehead atoms. The Morgan fingerprint density at radius 2 is 2.27 bits per heavy atom. The second-order valence-corrected chi connectivity index (χ2v) is 3.22. The fraction of sp³-hybridized carbons (Fsp3) is 0.625. The molecule has 0 aliphatic heterocycles. The fourth-order valence-electron chi connectivity index (χ4n) is 1.04. The molecule has 1 rings (SSSR count).